The Morgan fingerprint density at radius 3 is 2.84 bits per heavy atom. The van der Waals surface area contributed by atoms with Crippen LogP contribution in [0.1, 0.15) is 16.1 Å². The molecule has 7 heteroatoms. The summed E-state index contributed by atoms with van der Waals surface area (Å²) in [4.78, 5) is 20.6. The van der Waals surface area contributed by atoms with Crippen molar-refractivity contribution >= 4 is 28.0 Å². The fourth-order valence-electron chi connectivity index (χ4n) is 2.37. The van der Waals surface area contributed by atoms with E-state index in [9.17, 15) is 4.79 Å². The van der Waals surface area contributed by atoms with Crippen molar-refractivity contribution in [2.24, 2.45) is 0 Å². The van der Waals surface area contributed by atoms with Crippen LogP contribution >= 0.6 is 11.3 Å². The molecule has 0 aliphatic heterocycles. The molecule has 4 aromatic rings. The van der Waals surface area contributed by atoms with Gasteiger partial charge in [0.1, 0.15) is 18.0 Å². The SMILES string of the molecule is O=C(Nc1nccs1)c1ccc(OCc2cn3ccccc3n2)cc1. The van der Waals surface area contributed by atoms with E-state index < -0.39 is 0 Å². The predicted octanol–water partition coefficient (Wildman–Crippen LogP) is 3.62. The number of nitrogens with zero attached hydrogens (tertiary/aromatic N) is 3. The van der Waals surface area contributed by atoms with Crippen LogP contribution in [0.3, 0.4) is 0 Å². The molecule has 3 aromatic heterocycles. The van der Waals surface area contributed by atoms with Gasteiger partial charge in [0.25, 0.3) is 5.91 Å². The number of nitrogens with one attached hydrogen (secondary N) is 1. The van der Waals surface area contributed by atoms with E-state index in [1.54, 1.807) is 30.5 Å². The molecule has 25 heavy (non-hydrogen) atoms. The van der Waals surface area contributed by atoms with Gasteiger partial charge in [0, 0.05) is 29.5 Å². The molecule has 0 fully saturated rings. The number of aromatic nitrogens is 3. The van der Waals surface area contributed by atoms with Crippen LogP contribution in [-0.4, -0.2) is 20.3 Å². The first-order valence-electron chi connectivity index (χ1n) is 7.64. The first-order chi connectivity index (χ1) is 12.3. The molecule has 1 aromatic carbocycles. The molecule has 0 unspecified atom stereocenters. The van der Waals surface area contributed by atoms with Gasteiger partial charge in [-0.2, -0.15) is 0 Å². The summed E-state index contributed by atoms with van der Waals surface area (Å²) in [6.07, 6.45) is 5.53. The van der Waals surface area contributed by atoms with Crippen molar-refractivity contribution in [3.05, 3.63) is 77.7 Å². The highest BCUT2D eigenvalue weighted by molar-refractivity contribution is 7.13. The fourth-order valence-corrected chi connectivity index (χ4v) is 2.89. The van der Waals surface area contributed by atoms with Gasteiger partial charge in [0.2, 0.25) is 0 Å². The third-order valence-corrected chi connectivity index (χ3v) is 4.26. The van der Waals surface area contributed by atoms with Crippen LogP contribution < -0.4 is 10.1 Å². The first kappa shape index (κ1) is 15.3. The number of pyridine rings is 1. The summed E-state index contributed by atoms with van der Waals surface area (Å²) in [5.74, 6) is 0.490. The Morgan fingerprint density at radius 2 is 2.08 bits per heavy atom. The standard InChI is InChI=1S/C18H14N4O2S/c23-17(21-18-19-8-10-25-18)13-4-6-15(7-5-13)24-12-14-11-22-9-2-1-3-16(22)20-14/h1-11H,12H2,(H,19,21,23). The molecular weight excluding hydrogens is 336 g/mol. The van der Waals surface area contributed by atoms with Gasteiger partial charge in [-0.05, 0) is 36.4 Å². The van der Waals surface area contributed by atoms with Crippen molar-refractivity contribution < 1.29 is 9.53 Å². The second-order valence-corrected chi connectivity index (χ2v) is 6.20. The molecule has 0 aliphatic rings. The van der Waals surface area contributed by atoms with Gasteiger partial charge >= 0.3 is 0 Å². The molecule has 0 aliphatic carbocycles. The zero-order valence-electron chi connectivity index (χ0n) is 13.1. The van der Waals surface area contributed by atoms with E-state index in [0.29, 0.717) is 23.1 Å². The Hall–Kier alpha value is -3.19. The molecule has 0 saturated carbocycles. The van der Waals surface area contributed by atoms with Crippen molar-refractivity contribution in [3.8, 4) is 5.75 Å². The summed E-state index contributed by atoms with van der Waals surface area (Å²) in [5, 5.41) is 5.14. The Balaban J connectivity index is 1.39. The Bertz CT molecular complexity index is 961. The van der Waals surface area contributed by atoms with Gasteiger partial charge in [-0.3, -0.25) is 10.1 Å². The van der Waals surface area contributed by atoms with Crippen LogP contribution in [0.15, 0.2) is 66.4 Å². The third kappa shape index (κ3) is 3.51. The summed E-state index contributed by atoms with van der Waals surface area (Å²) in [7, 11) is 0. The largest absolute Gasteiger partial charge is 0.487 e. The van der Waals surface area contributed by atoms with Crippen LogP contribution in [-0.2, 0) is 6.61 Å². The van der Waals surface area contributed by atoms with Crippen molar-refractivity contribution in [2.45, 2.75) is 6.61 Å². The Morgan fingerprint density at radius 1 is 1.20 bits per heavy atom. The lowest BCUT2D eigenvalue weighted by molar-refractivity contribution is 0.102. The number of imidazole rings is 1. The number of amides is 1. The van der Waals surface area contributed by atoms with Crippen molar-refractivity contribution in [1.82, 2.24) is 14.4 Å². The van der Waals surface area contributed by atoms with Crippen molar-refractivity contribution in [2.75, 3.05) is 5.32 Å². The average Bonchev–Trinajstić information content (AvgIpc) is 3.29. The highest BCUT2D eigenvalue weighted by atomic mass is 32.1. The van der Waals surface area contributed by atoms with E-state index in [0.717, 1.165) is 11.3 Å². The molecule has 1 N–H and O–H groups in total. The number of carbonyl (C=O) groups excluding carboxylic acids is 1. The van der Waals surface area contributed by atoms with Crippen LogP contribution in [0.4, 0.5) is 5.13 Å². The number of hydrogen-bond acceptors (Lipinski definition) is 5. The first-order valence-corrected chi connectivity index (χ1v) is 8.52. The molecule has 124 valence electrons. The number of fused-ring (bicyclic) bond motifs is 1. The minimum absolute atomic E-state index is 0.193. The van der Waals surface area contributed by atoms with E-state index in [1.807, 2.05) is 40.4 Å². The van der Waals surface area contributed by atoms with E-state index in [-0.39, 0.29) is 5.91 Å². The molecule has 0 saturated heterocycles. The number of carbonyl (C=O) groups is 1. The van der Waals surface area contributed by atoms with E-state index in [1.165, 1.54) is 11.3 Å². The maximum Gasteiger partial charge on any atom is 0.257 e. The number of thiazole rings is 1. The topological polar surface area (TPSA) is 68.5 Å². The van der Waals surface area contributed by atoms with Crippen LogP contribution in [0, 0.1) is 0 Å². The van der Waals surface area contributed by atoms with E-state index >= 15 is 0 Å². The highest BCUT2D eigenvalue weighted by Gasteiger charge is 2.08. The summed E-state index contributed by atoms with van der Waals surface area (Å²) in [6.45, 7) is 0.367. The quantitative estimate of drug-likeness (QED) is 0.597. The molecule has 0 spiro atoms. The zero-order chi connectivity index (χ0) is 17.1. The summed E-state index contributed by atoms with van der Waals surface area (Å²) >= 11 is 1.38. The lowest BCUT2D eigenvalue weighted by Gasteiger charge is -2.06. The zero-order valence-corrected chi connectivity index (χ0v) is 13.9. The molecule has 0 radical (unpaired) electrons. The summed E-state index contributed by atoms with van der Waals surface area (Å²) in [5.41, 5.74) is 2.28. The Labute approximate surface area is 147 Å². The number of rotatable bonds is 5. The van der Waals surface area contributed by atoms with Gasteiger partial charge in [0.15, 0.2) is 5.13 Å². The van der Waals surface area contributed by atoms with Gasteiger partial charge in [-0.25, -0.2) is 9.97 Å². The van der Waals surface area contributed by atoms with Crippen LogP contribution in [0.5, 0.6) is 5.75 Å². The summed E-state index contributed by atoms with van der Waals surface area (Å²) in [6, 6.07) is 12.8. The Kier molecular flexibility index (Phi) is 4.14. The predicted molar refractivity (Wildman–Crippen MR) is 96.0 cm³/mol. The molecule has 4 rings (SSSR count). The third-order valence-electron chi connectivity index (χ3n) is 3.57. The maximum absolute atomic E-state index is 12.1. The lowest BCUT2D eigenvalue weighted by atomic mass is 10.2. The van der Waals surface area contributed by atoms with Crippen LogP contribution in [0.25, 0.3) is 5.65 Å². The molecule has 0 bridgehead atoms. The highest BCUT2D eigenvalue weighted by Crippen LogP contribution is 2.17. The number of ether oxygens (including phenoxy) is 1. The van der Waals surface area contributed by atoms with Gasteiger partial charge in [-0.15, -0.1) is 11.3 Å². The number of anilines is 1. The second-order valence-electron chi connectivity index (χ2n) is 5.30. The molecule has 3 heterocycles. The molecule has 6 nitrogen and oxygen atoms in total. The van der Waals surface area contributed by atoms with Crippen molar-refractivity contribution in [1.29, 1.82) is 0 Å². The smallest absolute Gasteiger partial charge is 0.257 e. The van der Waals surface area contributed by atoms with E-state index in [4.69, 9.17) is 4.74 Å². The molecular formula is C18H14N4O2S. The van der Waals surface area contributed by atoms with Crippen LogP contribution in [0.2, 0.25) is 0 Å². The minimum Gasteiger partial charge on any atom is -0.487 e. The fraction of sp³-hybridized carbons (Fsp3) is 0.0556. The van der Waals surface area contributed by atoms with Gasteiger partial charge in [-0.1, -0.05) is 6.07 Å². The van der Waals surface area contributed by atoms with E-state index in [2.05, 4.69) is 15.3 Å². The number of hydrogen-bond donors (Lipinski definition) is 1. The van der Waals surface area contributed by atoms with Gasteiger partial charge < -0.3 is 9.14 Å². The molecule has 0 atom stereocenters. The van der Waals surface area contributed by atoms with Crippen molar-refractivity contribution in [3.63, 3.8) is 0 Å². The number of benzene rings is 1. The molecule has 1 amide bonds. The summed E-state index contributed by atoms with van der Waals surface area (Å²) < 4.78 is 7.69. The average molecular weight is 350 g/mol. The maximum atomic E-state index is 12.1. The normalized spacial score (nSPS) is 10.7. The lowest BCUT2D eigenvalue weighted by Crippen LogP contribution is -2.11. The minimum atomic E-state index is -0.193. The van der Waals surface area contributed by atoms with Gasteiger partial charge in [0.05, 0.1) is 5.69 Å². The second kappa shape index (κ2) is 6.74. The monoisotopic (exact) mass is 350 g/mol.